The summed E-state index contributed by atoms with van der Waals surface area (Å²) in [5.41, 5.74) is 0.875. The van der Waals surface area contributed by atoms with Crippen molar-refractivity contribution in [3.8, 4) is 0 Å². The highest BCUT2D eigenvalue weighted by Crippen LogP contribution is 2.18. The summed E-state index contributed by atoms with van der Waals surface area (Å²) in [5.74, 6) is -0.933. The van der Waals surface area contributed by atoms with Crippen molar-refractivity contribution < 1.29 is 14.7 Å². The summed E-state index contributed by atoms with van der Waals surface area (Å²) in [7, 11) is 0. The molecule has 116 valence electrons. The summed E-state index contributed by atoms with van der Waals surface area (Å²) in [6, 6.07) is 2.10. The zero-order valence-electron chi connectivity index (χ0n) is 12.6. The van der Waals surface area contributed by atoms with E-state index in [1.807, 2.05) is 37.1 Å². The maximum atomic E-state index is 11.8. The molecule has 0 fully saturated rings. The fourth-order valence-corrected chi connectivity index (χ4v) is 2.70. The van der Waals surface area contributed by atoms with E-state index >= 15 is 0 Å². The molecule has 0 aliphatic heterocycles. The van der Waals surface area contributed by atoms with Crippen LogP contribution in [0.15, 0.2) is 17.5 Å². The predicted molar refractivity (Wildman–Crippen MR) is 85.2 cm³/mol. The van der Waals surface area contributed by atoms with Gasteiger partial charge in [-0.05, 0) is 43.5 Å². The van der Waals surface area contributed by atoms with E-state index in [2.05, 4.69) is 5.32 Å². The Morgan fingerprint density at radius 2 is 2.19 bits per heavy atom. The molecule has 0 unspecified atom stereocenters. The van der Waals surface area contributed by atoms with Gasteiger partial charge in [0.25, 0.3) is 0 Å². The average molecular weight is 310 g/mol. The molecule has 5 nitrogen and oxygen atoms in total. The molecule has 0 saturated carbocycles. The van der Waals surface area contributed by atoms with Gasteiger partial charge in [0.05, 0.1) is 6.54 Å². The van der Waals surface area contributed by atoms with Crippen molar-refractivity contribution >= 4 is 29.3 Å². The van der Waals surface area contributed by atoms with Crippen LogP contribution in [0.2, 0.25) is 0 Å². The van der Waals surface area contributed by atoms with Gasteiger partial charge in [0.15, 0.2) is 0 Å². The number of aliphatic carboxylic acids is 1. The van der Waals surface area contributed by atoms with Gasteiger partial charge in [-0.1, -0.05) is 6.92 Å². The monoisotopic (exact) mass is 310 g/mol. The van der Waals surface area contributed by atoms with Gasteiger partial charge in [-0.15, -0.1) is 11.3 Å². The number of carboxylic acid groups (broad SMARTS) is 1. The van der Waals surface area contributed by atoms with Crippen molar-refractivity contribution in [2.24, 2.45) is 0 Å². The van der Waals surface area contributed by atoms with Crippen LogP contribution in [0, 0.1) is 0 Å². The van der Waals surface area contributed by atoms with Gasteiger partial charge < -0.3 is 10.4 Å². The summed E-state index contributed by atoms with van der Waals surface area (Å²) in [6.07, 6.45) is 2.70. The Kier molecular flexibility index (Phi) is 7.11. The Balaban J connectivity index is 2.57. The van der Waals surface area contributed by atoms with Crippen LogP contribution in [-0.2, 0) is 16.1 Å². The number of rotatable bonds is 8. The van der Waals surface area contributed by atoms with E-state index in [1.165, 1.54) is 0 Å². The fourth-order valence-electron chi connectivity index (χ4n) is 1.81. The fraction of sp³-hybridized carbons (Fsp3) is 0.467. The maximum Gasteiger partial charge on any atom is 0.328 e. The highest BCUT2D eigenvalue weighted by Gasteiger charge is 2.11. The minimum absolute atomic E-state index is 0.0226. The molecule has 0 radical (unpaired) electrons. The van der Waals surface area contributed by atoms with Crippen molar-refractivity contribution in [2.75, 3.05) is 13.1 Å². The van der Waals surface area contributed by atoms with Crippen molar-refractivity contribution in [1.29, 1.82) is 0 Å². The number of hydrogen-bond acceptors (Lipinski definition) is 4. The molecular weight excluding hydrogens is 288 g/mol. The second-order valence-electron chi connectivity index (χ2n) is 5.04. The lowest BCUT2D eigenvalue weighted by Gasteiger charge is -2.19. The molecule has 21 heavy (non-hydrogen) atoms. The number of carboxylic acids is 1. The molecule has 0 aliphatic carbocycles. The zero-order valence-corrected chi connectivity index (χ0v) is 13.4. The van der Waals surface area contributed by atoms with Gasteiger partial charge in [0.2, 0.25) is 5.91 Å². The third-order valence-electron chi connectivity index (χ3n) is 2.74. The van der Waals surface area contributed by atoms with Gasteiger partial charge in [0, 0.05) is 23.5 Å². The first-order chi connectivity index (χ1) is 9.90. The van der Waals surface area contributed by atoms with E-state index in [0.717, 1.165) is 23.1 Å². The summed E-state index contributed by atoms with van der Waals surface area (Å²) in [4.78, 5) is 25.4. The molecule has 1 heterocycles. The Morgan fingerprint density at radius 3 is 2.76 bits per heavy atom. The first kappa shape index (κ1) is 17.4. The van der Waals surface area contributed by atoms with Crippen LogP contribution in [0.4, 0.5) is 0 Å². The molecule has 6 heteroatoms. The number of nitrogens with zero attached hydrogens (tertiary/aromatic N) is 1. The minimum Gasteiger partial charge on any atom is -0.478 e. The zero-order chi connectivity index (χ0) is 15.8. The van der Waals surface area contributed by atoms with Crippen molar-refractivity contribution in [2.45, 2.75) is 33.4 Å². The van der Waals surface area contributed by atoms with Crippen molar-refractivity contribution in [1.82, 2.24) is 10.2 Å². The average Bonchev–Trinajstić information content (AvgIpc) is 2.82. The Morgan fingerprint density at radius 1 is 1.48 bits per heavy atom. The predicted octanol–water partition coefficient (Wildman–Crippen LogP) is 2.19. The molecular formula is C15H22N2O3S. The minimum atomic E-state index is -0.955. The summed E-state index contributed by atoms with van der Waals surface area (Å²) < 4.78 is 0. The molecule has 2 N–H and O–H groups in total. The second-order valence-corrected chi connectivity index (χ2v) is 6.04. The lowest BCUT2D eigenvalue weighted by atomic mass is 10.2. The molecule has 1 aromatic rings. The molecule has 0 aromatic carbocycles. The Bertz CT molecular complexity index is 509. The normalized spacial score (nSPS) is 11.5. The number of hydrogen-bond donors (Lipinski definition) is 2. The Labute approximate surface area is 129 Å². The number of likely N-dealkylation sites (N-methyl/N-ethyl adjacent to an activating group) is 1. The van der Waals surface area contributed by atoms with Crippen LogP contribution in [0.3, 0.4) is 0 Å². The maximum absolute atomic E-state index is 11.8. The van der Waals surface area contributed by atoms with E-state index in [4.69, 9.17) is 5.11 Å². The quantitative estimate of drug-likeness (QED) is 0.722. The van der Waals surface area contributed by atoms with Crippen molar-refractivity contribution in [3.63, 3.8) is 0 Å². The topological polar surface area (TPSA) is 69.6 Å². The van der Waals surface area contributed by atoms with E-state index in [1.54, 1.807) is 17.4 Å². The first-order valence-corrected chi connectivity index (χ1v) is 7.78. The molecule has 0 spiro atoms. The standard InChI is InChI=1S/C15H22N2O3S/c1-4-17(9-14(18)16-11(2)3)8-13-7-12(10-21-13)5-6-15(19)20/h5-7,10-11H,4,8-9H2,1-3H3,(H,16,18)(H,19,20). The molecule has 0 aliphatic rings. The smallest absolute Gasteiger partial charge is 0.328 e. The van der Waals surface area contributed by atoms with Gasteiger partial charge >= 0.3 is 5.97 Å². The number of carbonyl (C=O) groups is 2. The molecule has 0 bridgehead atoms. The van der Waals surface area contributed by atoms with E-state index in [-0.39, 0.29) is 11.9 Å². The molecule has 0 saturated heterocycles. The van der Waals surface area contributed by atoms with Gasteiger partial charge in [-0.2, -0.15) is 0 Å². The van der Waals surface area contributed by atoms with E-state index in [0.29, 0.717) is 13.1 Å². The lowest BCUT2D eigenvalue weighted by molar-refractivity contribution is -0.131. The van der Waals surface area contributed by atoms with Crippen LogP contribution in [0.5, 0.6) is 0 Å². The lowest BCUT2D eigenvalue weighted by Crippen LogP contribution is -2.39. The highest BCUT2D eigenvalue weighted by molar-refractivity contribution is 7.10. The second kappa shape index (κ2) is 8.59. The SMILES string of the molecule is CCN(CC(=O)NC(C)C)Cc1cc(C=CC(=O)O)cs1. The van der Waals surface area contributed by atoms with Crippen LogP contribution in [-0.4, -0.2) is 41.0 Å². The van der Waals surface area contributed by atoms with Gasteiger partial charge in [-0.3, -0.25) is 9.69 Å². The van der Waals surface area contributed by atoms with Crippen LogP contribution >= 0.6 is 11.3 Å². The Hall–Kier alpha value is -1.66. The summed E-state index contributed by atoms with van der Waals surface area (Å²) >= 11 is 1.57. The highest BCUT2D eigenvalue weighted by atomic mass is 32.1. The largest absolute Gasteiger partial charge is 0.478 e. The summed E-state index contributed by atoms with van der Waals surface area (Å²) in [5, 5.41) is 13.4. The molecule has 1 aromatic heterocycles. The first-order valence-electron chi connectivity index (χ1n) is 6.90. The molecule has 1 rings (SSSR count). The number of thiophene rings is 1. The third kappa shape index (κ3) is 7.06. The van der Waals surface area contributed by atoms with E-state index < -0.39 is 5.97 Å². The van der Waals surface area contributed by atoms with Crippen LogP contribution in [0.1, 0.15) is 31.2 Å². The molecule has 0 atom stereocenters. The third-order valence-corrected chi connectivity index (χ3v) is 3.68. The van der Waals surface area contributed by atoms with Crippen LogP contribution < -0.4 is 5.32 Å². The van der Waals surface area contributed by atoms with Crippen LogP contribution in [0.25, 0.3) is 6.08 Å². The number of nitrogens with one attached hydrogen (secondary N) is 1. The van der Waals surface area contributed by atoms with Gasteiger partial charge in [-0.25, -0.2) is 4.79 Å². The number of amides is 1. The van der Waals surface area contributed by atoms with Crippen molar-refractivity contribution in [3.05, 3.63) is 28.0 Å². The molecule has 1 amide bonds. The summed E-state index contributed by atoms with van der Waals surface area (Å²) in [6.45, 7) is 7.73. The number of carbonyl (C=O) groups excluding carboxylic acids is 1. The van der Waals surface area contributed by atoms with Gasteiger partial charge in [0.1, 0.15) is 0 Å². The van der Waals surface area contributed by atoms with E-state index in [9.17, 15) is 9.59 Å².